The second kappa shape index (κ2) is 14.1. The van der Waals surface area contributed by atoms with Gasteiger partial charge in [-0.25, -0.2) is 19.2 Å². The van der Waals surface area contributed by atoms with Crippen molar-refractivity contribution in [3.05, 3.63) is 48.6 Å². The van der Waals surface area contributed by atoms with Crippen LogP contribution >= 0.6 is 0 Å². The van der Waals surface area contributed by atoms with Crippen molar-refractivity contribution in [2.24, 2.45) is 0 Å². The summed E-state index contributed by atoms with van der Waals surface area (Å²) in [5.41, 5.74) is 0.342. The van der Waals surface area contributed by atoms with Crippen molar-refractivity contribution in [2.75, 3.05) is 6.61 Å². The largest absolute Gasteiger partial charge is 0.459 e. The third kappa shape index (κ3) is 8.66. The van der Waals surface area contributed by atoms with Crippen LogP contribution in [0.5, 0.6) is 0 Å². The highest BCUT2D eigenvalue weighted by Gasteiger charge is 2.54. The maximum Gasteiger partial charge on any atom is 0.333 e. The van der Waals surface area contributed by atoms with Crippen LogP contribution in [0.1, 0.15) is 59.8 Å². The first-order valence-corrected chi connectivity index (χ1v) is 12.5. The first-order valence-electron chi connectivity index (χ1n) is 12.5. The average Bonchev–Trinajstić information content (AvgIpc) is 2.85. The molecule has 2 fully saturated rings. The zero-order valence-electron chi connectivity index (χ0n) is 22.6. The summed E-state index contributed by atoms with van der Waals surface area (Å²) in [7, 11) is 0. The third-order valence-electron chi connectivity index (χ3n) is 5.97. The highest BCUT2D eigenvalue weighted by atomic mass is 16.7. The molecule has 0 spiro atoms. The number of hydrogen-bond donors (Lipinski definition) is 0. The molecule has 1 heterocycles. The second-order valence-electron chi connectivity index (χ2n) is 9.77. The number of rotatable bonds is 11. The molecule has 2 aliphatic rings. The van der Waals surface area contributed by atoms with E-state index in [0.29, 0.717) is 0 Å². The maximum absolute atomic E-state index is 12.7. The molecule has 38 heavy (non-hydrogen) atoms. The number of hydrogen-bond acceptors (Lipinski definition) is 10. The Morgan fingerprint density at radius 2 is 1.11 bits per heavy atom. The lowest BCUT2D eigenvalue weighted by Crippen LogP contribution is -2.63. The maximum atomic E-state index is 12.7. The van der Waals surface area contributed by atoms with Crippen LogP contribution in [-0.4, -0.2) is 67.3 Å². The van der Waals surface area contributed by atoms with E-state index >= 15 is 0 Å². The van der Waals surface area contributed by atoms with E-state index in [9.17, 15) is 19.2 Å². The van der Waals surface area contributed by atoms with Crippen molar-refractivity contribution >= 4 is 23.9 Å². The number of carbonyl (C=O) groups is 4. The third-order valence-corrected chi connectivity index (χ3v) is 5.97. The molecule has 1 aliphatic heterocycles. The topological polar surface area (TPSA) is 124 Å². The highest BCUT2D eigenvalue weighted by Crippen LogP contribution is 2.33. The van der Waals surface area contributed by atoms with Crippen LogP contribution < -0.4 is 0 Å². The van der Waals surface area contributed by atoms with Gasteiger partial charge in [0.05, 0.1) is 6.10 Å². The monoisotopic (exact) mass is 534 g/mol. The van der Waals surface area contributed by atoms with Crippen molar-refractivity contribution in [1.82, 2.24) is 0 Å². The van der Waals surface area contributed by atoms with Crippen LogP contribution in [-0.2, 0) is 47.6 Å². The fraction of sp³-hybridized carbons (Fsp3) is 0.571. The quantitative estimate of drug-likeness (QED) is 0.220. The minimum Gasteiger partial charge on any atom is -0.459 e. The van der Waals surface area contributed by atoms with E-state index in [4.69, 9.17) is 28.4 Å². The molecular formula is C28H38O10. The Morgan fingerprint density at radius 3 is 1.58 bits per heavy atom. The van der Waals surface area contributed by atoms with Gasteiger partial charge in [-0.3, -0.25) is 0 Å². The Kier molecular flexibility index (Phi) is 11.5. The lowest BCUT2D eigenvalue weighted by atomic mass is 9.96. The molecule has 0 aromatic carbocycles. The van der Waals surface area contributed by atoms with E-state index in [1.807, 2.05) is 0 Å². The fourth-order valence-corrected chi connectivity index (χ4v) is 3.87. The average molecular weight is 535 g/mol. The SMILES string of the molecule is C=C(C)C(=O)OC[C@H]1O[C@@H](OC2CCCCC2)[C@H](OC(=O)C(=C)C)[C@@H](OC(=O)C(=C)C)[C@@H]1OC(=O)C(=C)C. The molecule has 5 atom stereocenters. The van der Waals surface area contributed by atoms with Gasteiger partial charge in [0.2, 0.25) is 0 Å². The molecule has 1 aliphatic carbocycles. The number of carbonyl (C=O) groups excluding carboxylic acids is 4. The molecular weight excluding hydrogens is 496 g/mol. The van der Waals surface area contributed by atoms with Gasteiger partial charge in [0.15, 0.2) is 24.6 Å². The van der Waals surface area contributed by atoms with Crippen LogP contribution in [0.25, 0.3) is 0 Å². The molecule has 0 N–H and O–H groups in total. The van der Waals surface area contributed by atoms with Gasteiger partial charge in [0.1, 0.15) is 12.7 Å². The summed E-state index contributed by atoms with van der Waals surface area (Å²) in [4.78, 5) is 50.1. The lowest BCUT2D eigenvalue weighted by Gasteiger charge is -2.45. The summed E-state index contributed by atoms with van der Waals surface area (Å²) in [6.45, 7) is 19.8. The van der Waals surface area contributed by atoms with Crippen LogP contribution in [0, 0.1) is 0 Å². The summed E-state index contributed by atoms with van der Waals surface area (Å²) in [6, 6.07) is 0. The van der Waals surface area contributed by atoms with Gasteiger partial charge in [-0.2, -0.15) is 0 Å². The Balaban J connectivity index is 2.54. The second-order valence-corrected chi connectivity index (χ2v) is 9.77. The Hall–Kier alpha value is -3.24. The van der Waals surface area contributed by atoms with Crippen LogP contribution in [0.2, 0.25) is 0 Å². The summed E-state index contributed by atoms with van der Waals surface area (Å²) in [5, 5.41) is 0. The van der Waals surface area contributed by atoms with E-state index < -0.39 is 61.2 Å². The summed E-state index contributed by atoms with van der Waals surface area (Å²) < 4.78 is 34.6. The smallest absolute Gasteiger partial charge is 0.333 e. The van der Waals surface area contributed by atoms with Gasteiger partial charge < -0.3 is 28.4 Å². The minimum absolute atomic E-state index is 0.0569. The fourth-order valence-electron chi connectivity index (χ4n) is 3.87. The van der Waals surface area contributed by atoms with Crippen molar-refractivity contribution < 1.29 is 47.6 Å². The van der Waals surface area contributed by atoms with E-state index in [1.54, 1.807) is 0 Å². The lowest BCUT2D eigenvalue weighted by molar-refractivity contribution is -0.317. The van der Waals surface area contributed by atoms with E-state index in [1.165, 1.54) is 27.7 Å². The van der Waals surface area contributed by atoms with Crippen LogP contribution in [0.3, 0.4) is 0 Å². The minimum atomic E-state index is -1.40. The first-order chi connectivity index (χ1) is 17.8. The van der Waals surface area contributed by atoms with Crippen molar-refractivity contribution in [3.8, 4) is 0 Å². The summed E-state index contributed by atoms with van der Waals surface area (Å²) >= 11 is 0. The Bertz CT molecular complexity index is 974. The number of ether oxygens (including phenoxy) is 6. The van der Waals surface area contributed by atoms with E-state index in [0.717, 1.165) is 32.1 Å². The zero-order valence-corrected chi connectivity index (χ0v) is 22.6. The molecule has 1 saturated carbocycles. The highest BCUT2D eigenvalue weighted by molar-refractivity contribution is 5.89. The summed E-state index contributed by atoms with van der Waals surface area (Å²) in [6.07, 6.45) is -2.27. The molecule has 0 radical (unpaired) electrons. The molecule has 0 amide bonds. The molecule has 1 saturated heterocycles. The van der Waals surface area contributed by atoms with E-state index in [-0.39, 0.29) is 28.4 Å². The first kappa shape index (κ1) is 31.0. The normalized spacial score (nSPS) is 25.4. The van der Waals surface area contributed by atoms with Crippen molar-refractivity contribution in [1.29, 1.82) is 0 Å². The summed E-state index contributed by atoms with van der Waals surface area (Å²) in [5.74, 6) is -3.12. The Morgan fingerprint density at radius 1 is 0.658 bits per heavy atom. The Labute approximate surface area is 223 Å². The standard InChI is InChI=1S/C28H38O10/c1-15(2)24(29)33-14-20-21(36-25(30)16(3)4)22(37-26(31)17(5)6)23(38-27(32)18(7)8)28(35-20)34-19-12-10-9-11-13-19/h19-23,28H,1,3,5,7,9-14H2,2,4,6,8H3/t20-,21-,22+,23-,28-/m1/s1. The van der Waals surface area contributed by atoms with Gasteiger partial charge in [0.25, 0.3) is 0 Å². The van der Waals surface area contributed by atoms with Gasteiger partial charge in [-0.05, 0) is 40.5 Å². The van der Waals surface area contributed by atoms with Gasteiger partial charge in [-0.15, -0.1) is 0 Å². The molecule has 210 valence electrons. The van der Waals surface area contributed by atoms with Crippen LogP contribution in [0.4, 0.5) is 0 Å². The van der Waals surface area contributed by atoms with E-state index in [2.05, 4.69) is 26.3 Å². The molecule has 0 bridgehead atoms. The molecule has 0 aromatic heterocycles. The van der Waals surface area contributed by atoms with Crippen molar-refractivity contribution in [2.45, 2.75) is 96.6 Å². The molecule has 2 rings (SSSR count). The van der Waals surface area contributed by atoms with Gasteiger partial charge in [0, 0.05) is 22.3 Å². The molecule has 0 unspecified atom stereocenters. The number of esters is 4. The van der Waals surface area contributed by atoms with Gasteiger partial charge in [-0.1, -0.05) is 45.6 Å². The van der Waals surface area contributed by atoms with Crippen LogP contribution in [0.15, 0.2) is 48.6 Å². The van der Waals surface area contributed by atoms with Crippen molar-refractivity contribution in [3.63, 3.8) is 0 Å². The predicted molar refractivity (Wildman–Crippen MR) is 136 cm³/mol. The van der Waals surface area contributed by atoms with Gasteiger partial charge >= 0.3 is 23.9 Å². The zero-order chi connectivity index (χ0) is 28.6. The molecule has 10 nitrogen and oxygen atoms in total. The molecule has 0 aromatic rings. The molecule has 10 heteroatoms. The predicted octanol–water partition coefficient (Wildman–Crippen LogP) is 3.64.